The molecule has 1 aliphatic heterocycles. The SMILES string of the molecule is COc1ccc(C)cc1/C(O)=C1\C(=O)C(=O)N(CCCN(C)C)C1c1ccc(F)cc1. The van der Waals surface area contributed by atoms with Crippen LogP contribution in [0.5, 0.6) is 5.75 Å². The second kappa shape index (κ2) is 9.31. The third-order valence-corrected chi connectivity index (χ3v) is 5.34. The van der Waals surface area contributed by atoms with Gasteiger partial charge in [0.05, 0.1) is 24.3 Å². The van der Waals surface area contributed by atoms with Crippen molar-refractivity contribution in [1.82, 2.24) is 9.80 Å². The fourth-order valence-electron chi connectivity index (χ4n) is 3.81. The molecule has 0 aliphatic carbocycles. The zero-order chi connectivity index (χ0) is 22.7. The molecule has 2 aromatic rings. The number of aliphatic hydroxyl groups excluding tert-OH is 1. The van der Waals surface area contributed by atoms with Gasteiger partial charge in [0.15, 0.2) is 0 Å². The molecule has 1 aliphatic rings. The lowest BCUT2D eigenvalue weighted by Gasteiger charge is -2.26. The number of nitrogens with zero attached hydrogens (tertiary/aromatic N) is 2. The molecule has 1 heterocycles. The Kier molecular flexibility index (Phi) is 6.75. The molecule has 164 valence electrons. The lowest BCUT2D eigenvalue weighted by atomic mass is 9.94. The van der Waals surface area contributed by atoms with Gasteiger partial charge >= 0.3 is 0 Å². The first-order valence-corrected chi connectivity index (χ1v) is 10.1. The number of carbonyl (C=O) groups is 2. The minimum atomic E-state index is -0.812. The Hall–Kier alpha value is -3.19. The van der Waals surface area contributed by atoms with Gasteiger partial charge in [-0.05, 0) is 63.8 Å². The highest BCUT2D eigenvalue weighted by Crippen LogP contribution is 2.41. The second-order valence-electron chi connectivity index (χ2n) is 7.90. The van der Waals surface area contributed by atoms with E-state index < -0.39 is 23.5 Å². The zero-order valence-electron chi connectivity index (χ0n) is 18.2. The van der Waals surface area contributed by atoms with E-state index in [0.717, 1.165) is 12.1 Å². The molecule has 7 heteroatoms. The molecule has 0 aromatic heterocycles. The summed E-state index contributed by atoms with van der Waals surface area (Å²) in [6, 6.07) is 10.0. The Morgan fingerprint density at radius 2 is 1.84 bits per heavy atom. The maximum Gasteiger partial charge on any atom is 0.295 e. The highest BCUT2D eigenvalue weighted by molar-refractivity contribution is 6.46. The van der Waals surface area contributed by atoms with Crippen LogP contribution in [0.3, 0.4) is 0 Å². The number of likely N-dealkylation sites (tertiary alicyclic amines) is 1. The summed E-state index contributed by atoms with van der Waals surface area (Å²) in [5.74, 6) is -1.78. The van der Waals surface area contributed by atoms with E-state index in [2.05, 4.69) is 0 Å². The first-order chi connectivity index (χ1) is 14.7. The van der Waals surface area contributed by atoms with Crippen LogP contribution in [-0.2, 0) is 9.59 Å². The predicted octanol–water partition coefficient (Wildman–Crippen LogP) is 3.52. The van der Waals surface area contributed by atoms with E-state index >= 15 is 0 Å². The van der Waals surface area contributed by atoms with E-state index in [9.17, 15) is 19.1 Å². The van der Waals surface area contributed by atoms with E-state index in [0.29, 0.717) is 29.8 Å². The Morgan fingerprint density at radius 3 is 2.45 bits per heavy atom. The number of aliphatic hydroxyl groups is 1. The lowest BCUT2D eigenvalue weighted by Crippen LogP contribution is -2.32. The molecular formula is C24H27FN2O4. The Morgan fingerprint density at radius 1 is 1.16 bits per heavy atom. The van der Waals surface area contributed by atoms with Crippen molar-refractivity contribution in [1.29, 1.82) is 0 Å². The molecule has 1 amide bonds. The number of ether oxygens (including phenoxy) is 1. The normalized spacial score (nSPS) is 18.1. The average molecular weight is 426 g/mol. The Balaban J connectivity index is 2.15. The first-order valence-electron chi connectivity index (χ1n) is 10.1. The topological polar surface area (TPSA) is 70.1 Å². The van der Waals surface area contributed by atoms with Gasteiger partial charge in [-0.15, -0.1) is 0 Å². The van der Waals surface area contributed by atoms with Gasteiger partial charge in [-0.1, -0.05) is 23.8 Å². The van der Waals surface area contributed by atoms with Crippen molar-refractivity contribution in [3.8, 4) is 5.75 Å². The molecule has 1 atom stereocenters. The summed E-state index contributed by atoms with van der Waals surface area (Å²) in [6.07, 6.45) is 0.644. The molecule has 1 unspecified atom stereocenters. The van der Waals surface area contributed by atoms with Crippen molar-refractivity contribution in [2.75, 3.05) is 34.3 Å². The van der Waals surface area contributed by atoms with Gasteiger partial charge < -0.3 is 19.6 Å². The van der Waals surface area contributed by atoms with E-state index in [4.69, 9.17) is 4.74 Å². The third-order valence-electron chi connectivity index (χ3n) is 5.34. The third kappa shape index (κ3) is 4.61. The number of benzene rings is 2. The number of amides is 1. The number of hydrogen-bond donors (Lipinski definition) is 1. The quantitative estimate of drug-likeness (QED) is 0.417. The fourth-order valence-corrected chi connectivity index (χ4v) is 3.81. The molecule has 0 spiro atoms. The molecule has 2 aromatic carbocycles. The minimum Gasteiger partial charge on any atom is -0.507 e. The van der Waals surface area contributed by atoms with Crippen molar-refractivity contribution in [3.63, 3.8) is 0 Å². The highest BCUT2D eigenvalue weighted by Gasteiger charge is 2.46. The number of rotatable bonds is 7. The molecular weight excluding hydrogens is 399 g/mol. The molecule has 0 saturated carbocycles. The van der Waals surface area contributed by atoms with Crippen LogP contribution in [0.25, 0.3) is 5.76 Å². The maximum absolute atomic E-state index is 13.5. The van der Waals surface area contributed by atoms with Gasteiger partial charge in [-0.2, -0.15) is 0 Å². The number of ketones is 1. The fraction of sp³-hybridized carbons (Fsp3) is 0.333. The number of carbonyl (C=O) groups excluding carboxylic acids is 2. The smallest absolute Gasteiger partial charge is 0.295 e. The second-order valence-corrected chi connectivity index (χ2v) is 7.90. The molecule has 3 rings (SSSR count). The van der Waals surface area contributed by atoms with Crippen LogP contribution in [0.1, 0.15) is 29.2 Å². The average Bonchev–Trinajstić information content (AvgIpc) is 2.98. The zero-order valence-corrected chi connectivity index (χ0v) is 18.2. The van der Waals surface area contributed by atoms with Gasteiger partial charge in [0.1, 0.15) is 17.3 Å². The first kappa shape index (κ1) is 22.5. The Bertz CT molecular complexity index is 1010. The summed E-state index contributed by atoms with van der Waals surface area (Å²) < 4.78 is 18.9. The molecule has 6 nitrogen and oxygen atoms in total. The number of Topliss-reactive ketones (excluding diaryl/α,β-unsaturated/α-hetero) is 1. The van der Waals surface area contributed by atoms with Gasteiger partial charge in [-0.3, -0.25) is 9.59 Å². The summed E-state index contributed by atoms with van der Waals surface area (Å²) in [5, 5.41) is 11.2. The van der Waals surface area contributed by atoms with Gasteiger partial charge in [0, 0.05) is 6.54 Å². The van der Waals surface area contributed by atoms with Crippen molar-refractivity contribution >= 4 is 17.4 Å². The van der Waals surface area contributed by atoms with Crippen molar-refractivity contribution in [2.45, 2.75) is 19.4 Å². The van der Waals surface area contributed by atoms with Gasteiger partial charge in [0.2, 0.25) is 0 Å². The number of methoxy groups -OCH3 is 1. The molecule has 0 radical (unpaired) electrons. The van der Waals surface area contributed by atoms with E-state index in [1.807, 2.05) is 32.0 Å². The molecule has 1 fully saturated rings. The van der Waals surface area contributed by atoms with Crippen molar-refractivity contribution < 1.29 is 23.8 Å². The Labute approximate surface area is 181 Å². The van der Waals surface area contributed by atoms with Crippen molar-refractivity contribution in [2.24, 2.45) is 0 Å². The van der Waals surface area contributed by atoms with Gasteiger partial charge in [-0.25, -0.2) is 4.39 Å². The van der Waals surface area contributed by atoms with Crippen LogP contribution in [0, 0.1) is 12.7 Å². The highest BCUT2D eigenvalue weighted by atomic mass is 19.1. The summed E-state index contributed by atoms with van der Waals surface area (Å²) in [4.78, 5) is 29.4. The van der Waals surface area contributed by atoms with E-state index in [1.165, 1.54) is 36.3 Å². The van der Waals surface area contributed by atoms with Crippen LogP contribution in [0.15, 0.2) is 48.0 Å². The predicted molar refractivity (Wildman–Crippen MR) is 116 cm³/mol. The standard InChI is InChI=1S/C24H27FN2O4/c1-15-6-11-19(31-4)18(14-15)22(28)20-21(16-7-9-17(25)10-8-16)27(24(30)23(20)29)13-5-12-26(2)3/h6-11,14,21,28H,5,12-13H2,1-4H3/b22-20+. The molecule has 0 bridgehead atoms. The van der Waals surface area contributed by atoms with Crippen LogP contribution in [0.4, 0.5) is 4.39 Å². The van der Waals surface area contributed by atoms with Gasteiger partial charge in [0.25, 0.3) is 11.7 Å². The lowest BCUT2D eigenvalue weighted by molar-refractivity contribution is -0.139. The van der Waals surface area contributed by atoms with Crippen LogP contribution in [0.2, 0.25) is 0 Å². The largest absolute Gasteiger partial charge is 0.507 e. The van der Waals surface area contributed by atoms with E-state index in [1.54, 1.807) is 12.1 Å². The van der Waals surface area contributed by atoms with Crippen molar-refractivity contribution in [3.05, 3.63) is 70.5 Å². The summed E-state index contributed by atoms with van der Waals surface area (Å²) >= 11 is 0. The summed E-state index contributed by atoms with van der Waals surface area (Å²) in [6.45, 7) is 2.91. The number of halogens is 1. The maximum atomic E-state index is 13.5. The van der Waals surface area contributed by atoms with Crippen LogP contribution < -0.4 is 4.74 Å². The summed E-state index contributed by atoms with van der Waals surface area (Å²) in [7, 11) is 5.32. The summed E-state index contributed by atoms with van der Waals surface area (Å²) in [5.41, 5.74) is 1.73. The minimum absolute atomic E-state index is 0.0228. The monoisotopic (exact) mass is 426 g/mol. The molecule has 1 saturated heterocycles. The van der Waals surface area contributed by atoms with Crippen LogP contribution >= 0.6 is 0 Å². The van der Waals surface area contributed by atoms with E-state index in [-0.39, 0.29) is 11.3 Å². The molecule has 1 N–H and O–H groups in total. The number of hydrogen-bond acceptors (Lipinski definition) is 5. The van der Waals surface area contributed by atoms with Crippen LogP contribution in [-0.4, -0.2) is 60.9 Å². The number of aryl methyl sites for hydroxylation is 1. The molecule has 31 heavy (non-hydrogen) atoms.